The van der Waals surface area contributed by atoms with E-state index in [1.165, 1.54) is 23.4 Å². The summed E-state index contributed by atoms with van der Waals surface area (Å²) in [5.74, 6) is -1.39. The fraction of sp³-hybridized carbons (Fsp3) is 0.467. The maximum absolute atomic E-state index is 14.5. The van der Waals surface area contributed by atoms with Gasteiger partial charge in [-0.25, -0.2) is 13.4 Å². The molecule has 0 bridgehead atoms. The number of carbonyl (C=O) groups is 1. The quantitative estimate of drug-likeness (QED) is 0.825. The highest BCUT2D eigenvalue weighted by Crippen LogP contribution is 2.22. The van der Waals surface area contributed by atoms with Gasteiger partial charge >= 0.3 is 0 Å². The summed E-state index contributed by atoms with van der Waals surface area (Å²) in [4.78, 5) is 18.1. The molecule has 1 aliphatic rings. The molecule has 2 aromatic rings. The lowest BCUT2D eigenvalue weighted by Gasteiger charge is -2.31. The Morgan fingerprint density at radius 3 is 2.92 bits per heavy atom. The summed E-state index contributed by atoms with van der Waals surface area (Å²) in [5, 5.41) is 0.337. The number of piperidine rings is 1. The average Bonchev–Trinajstić information content (AvgIpc) is 2.82. The Morgan fingerprint density at radius 1 is 1.46 bits per heavy atom. The van der Waals surface area contributed by atoms with Gasteiger partial charge in [-0.15, -0.1) is 0 Å². The van der Waals surface area contributed by atoms with Gasteiger partial charge in [0.25, 0.3) is 5.91 Å². The van der Waals surface area contributed by atoms with Crippen molar-refractivity contribution in [1.82, 2.24) is 14.3 Å². The van der Waals surface area contributed by atoms with E-state index >= 15 is 0 Å². The summed E-state index contributed by atoms with van der Waals surface area (Å²) < 4.78 is 38.5. The van der Waals surface area contributed by atoms with E-state index in [2.05, 4.69) is 4.98 Å². The number of aromatic nitrogens is 2. The van der Waals surface area contributed by atoms with Gasteiger partial charge in [-0.05, 0) is 30.9 Å². The SMILES string of the molecule is CS(=O)(=O)CC1CCCN(C(=O)c2nc3ccc(Cl)cn3c2F)C1. The minimum absolute atomic E-state index is 0.0278. The van der Waals surface area contributed by atoms with Crippen molar-refractivity contribution in [2.45, 2.75) is 12.8 Å². The topological polar surface area (TPSA) is 71.8 Å². The van der Waals surface area contributed by atoms with Crippen molar-refractivity contribution < 1.29 is 17.6 Å². The van der Waals surface area contributed by atoms with Crippen molar-refractivity contribution in [2.24, 2.45) is 5.92 Å². The Morgan fingerprint density at radius 2 is 2.21 bits per heavy atom. The number of hydrogen-bond donors (Lipinski definition) is 0. The first-order valence-corrected chi connectivity index (χ1v) is 9.98. The number of fused-ring (bicyclic) bond motifs is 1. The van der Waals surface area contributed by atoms with Crippen molar-refractivity contribution in [1.29, 1.82) is 0 Å². The van der Waals surface area contributed by atoms with Crippen molar-refractivity contribution in [3.05, 3.63) is 35.0 Å². The lowest BCUT2D eigenvalue weighted by molar-refractivity contribution is 0.0673. The molecule has 0 spiro atoms. The number of rotatable bonds is 3. The van der Waals surface area contributed by atoms with Gasteiger partial charge in [-0.3, -0.25) is 9.20 Å². The largest absolute Gasteiger partial charge is 0.337 e. The standard InChI is InChI=1S/C15H17ClFN3O3S/c1-24(22,23)9-10-3-2-6-19(7-10)15(21)13-14(17)20-8-11(16)4-5-12(20)18-13/h4-5,8,10H,2-3,6-7,9H2,1H3. The van der Waals surface area contributed by atoms with Gasteiger partial charge in [0.15, 0.2) is 5.69 Å². The van der Waals surface area contributed by atoms with Crippen LogP contribution in [0.4, 0.5) is 4.39 Å². The van der Waals surface area contributed by atoms with Crippen LogP contribution in [0.15, 0.2) is 18.3 Å². The molecule has 130 valence electrons. The molecule has 9 heteroatoms. The molecule has 24 heavy (non-hydrogen) atoms. The summed E-state index contributed by atoms with van der Waals surface area (Å²) in [6, 6.07) is 3.10. The molecule has 1 amide bonds. The maximum atomic E-state index is 14.5. The van der Waals surface area contributed by atoms with E-state index in [4.69, 9.17) is 11.6 Å². The van der Waals surface area contributed by atoms with Gasteiger partial charge < -0.3 is 4.90 Å². The second kappa shape index (κ2) is 6.33. The number of hydrogen-bond acceptors (Lipinski definition) is 4. The molecule has 0 saturated carbocycles. The number of sulfone groups is 1. The third-order valence-electron chi connectivity index (χ3n) is 4.07. The summed E-state index contributed by atoms with van der Waals surface area (Å²) in [7, 11) is -3.12. The molecule has 6 nitrogen and oxygen atoms in total. The van der Waals surface area contributed by atoms with Crippen LogP contribution in [0.1, 0.15) is 23.3 Å². The summed E-state index contributed by atoms with van der Waals surface area (Å²) in [6.45, 7) is 0.757. The monoisotopic (exact) mass is 373 g/mol. The molecule has 3 heterocycles. The summed E-state index contributed by atoms with van der Waals surface area (Å²) in [6.07, 6.45) is 3.96. The zero-order chi connectivity index (χ0) is 17.5. The number of likely N-dealkylation sites (tertiary alicyclic amines) is 1. The van der Waals surface area contributed by atoms with Crippen LogP contribution >= 0.6 is 11.6 Å². The van der Waals surface area contributed by atoms with Crippen molar-refractivity contribution in [3.8, 4) is 0 Å². The van der Waals surface area contributed by atoms with Crippen molar-refractivity contribution in [3.63, 3.8) is 0 Å². The third-order valence-corrected chi connectivity index (χ3v) is 5.37. The first kappa shape index (κ1) is 17.2. The Hall–Kier alpha value is -1.67. The van der Waals surface area contributed by atoms with Gasteiger partial charge in [0.1, 0.15) is 15.5 Å². The number of pyridine rings is 1. The number of nitrogens with zero attached hydrogens (tertiary/aromatic N) is 3. The molecule has 0 radical (unpaired) electrons. The molecule has 0 N–H and O–H groups in total. The van der Waals surface area contributed by atoms with Crippen LogP contribution in [0.2, 0.25) is 5.02 Å². The first-order valence-electron chi connectivity index (χ1n) is 7.55. The van der Waals surface area contributed by atoms with E-state index in [0.29, 0.717) is 30.2 Å². The number of halogens is 2. The van der Waals surface area contributed by atoms with Gasteiger partial charge in [0.05, 0.1) is 10.8 Å². The molecule has 1 unspecified atom stereocenters. The molecule has 1 saturated heterocycles. The Kier molecular flexibility index (Phi) is 4.52. The number of imidazole rings is 1. The van der Waals surface area contributed by atoms with E-state index in [-0.39, 0.29) is 17.4 Å². The Bertz CT molecular complexity index is 897. The number of amides is 1. The first-order chi connectivity index (χ1) is 11.2. The number of carbonyl (C=O) groups excluding carboxylic acids is 1. The van der Waals surface area contributed by atoms with Gasteiger partial charge in [-0.1, -0.05) is 11.6 Å². The summed E-state index contributed by atoms with van der Waals surface area (Å²) >= 11 is 5.84. The van der Waals surface area contributed by atoms with Crippen LogP contribution in [-0.2, 0) is 9.84 Å². The maximum Gasteiger partial charge on any atom is 0.277 e. The highest BCUT2D eigenvalue weighted by molar-refractivity contribution is 7.90. The van der Waals surface area contributed by atoms with E-state index < -0.39 is 21.7 Å². The van der Waals surface area contributed by atoms with Crippen molar-refractivity contribution in [2.75, 3.05) is 25.1 Å². The van der Waals surface area contributed by atoms with E-state index in [0.717, 1.165) is 10.8 Å². The molecule has 2 aromatic heterocycles. The molecule has 1 aliphatic heterocycles. The van der Waals surface area contributed by atoms with Gasteiger partial charge in [0.2, 0.25) is 5.95 Å². The van der Waals surface area contributed by atoms with E-state index in [1.54, 1.807) is 6.07 Å². The van der Waals surface area contributed by atoms with Crippen molar-refractivity contribution >= 4 is 33.0 Å². The van der Waals surface area contributed by atoms with E-state index in [1.807, 2.05) is 0 Å². The van der Waals surface area contributed by atoms with Crippen LogP contribution in [0, 0.1) is 11.9 Å². The molecule has 0 aromatic carbocycles. The predicted octanol–water partition coefficient (Wildman–Crippen LogP) is 2.02. The fourth-order valence-electron chi connectivity index (χ4n) is 3.09. The highest BCUT2D eigenvalue weighted by Gasteiger charge is 2.30. The van der Waals surface area contributed by atoms with Gasteiger partial charge in [-0.2, -0.15) is 4.39 Å². The zero-order valence-electron chi connectivity index (χ0n) is 13.1. The van der Waals surface area contributed by atoms with Crippen LogP contribution in [-0.4, -0.2) is 53.7 Å². The Labute approximate surface area is 144 Å². The van der Waals surface area contributed by atoms with Crippen LogP contribution in [0.3, 0.4) is 0 Å². The summed E-state index contributed by atoms with van der Waals surface area (Å²) in [5.41, 5.74) is 0.0298. The Balaban J connectivity index is 1.85. The van der Waals surface area contributed by atoms with Crippen LogP contribution in [0.5, 0.6) is 0 Å². The minimum atomic E-state index is -3.12. The molecule has 0 aliphatic carbocycles. The smallest absolute Gasteiger partial charge is 0.277 e. The highest BCUT2D eigenvalue weighted by atomic mass is 35.5. The molecular formula is C15H17ClFN3O3S. The predicted molar refractivity (Wildman–Crippen MR) is 88.5 cm³/mol. The lowest BCUT2D eigenvalue weighted by Crippen LogP contribution is -2.42. The molecule has 1 atom stereocenters. The van der Waals surface area contributed by atoms with Gasteiger partial charge in [0, 0.05) is 25.5 Å². The average molecular weight is 374 g/mol. The normalized spacial score (nSPS) is 19.0. The minimum Gasteiger partial charge on any atom is -0.337 e. The second-order valence-corrected chi connectivity index (χ2v) is 8.80. The van der Waals surface area contributed by atoms with Crippen LogP contribution in [0.25, 0.3) is 5.65 Å². The zero-order valence-corrected chi connectivity index (χ0v) is 14.6. The third kappa shape index (κ3) is 3.54. The van der Waals surface area contributed by atoms with E-state index in [9.17, 15) is 17.6 Å². The fourth-order valence-corrected chi connectivity index (χ4v) is 4.38. The lowest BCUT2D eigenvalue weighted by atomic mass is 10.00. The molecule has 1 fully saturated rings. The molecular weight excluding hydrogens is 357 g/mol. The second-order valence-electron chi connectivity index (χ2n) is 6.18. The molecule has 3 rings (SSSR count). The van der Waals surface area contributed by atoms with Crippen LogP contribution < -0.4 is 0 Å².